The van der Waals surface area contributed by atoms with Gasteiger partial charge in [0.25, 0.3) is 0 Å². The van der Waals surface area contributed by atoms with E-state index < -0.39 is 0 Å². The predicted molar refractivity (Wildman–Crippen MR) is 120 cm³/mol. The number of nitrogens with zero attached hydrogens (tertiary/aromatic N) is 3. The first-order chi connectivity index (χ1) is 14.8. The Morgan fingerprint density at radius 2 is 2.03 bits per heavy atom. The molecule has 0 aliphatic carbocycles. The van der Waals surface area contributed by atoms with Crippen molar-refractivity contribution in [1.82, 2.24) is 20.4 Å². The third-order valence-electron chi connectivity index (χ3n) is 5.21. The van der Waals surface area contributed by atoms with Gasteiger partial charge in [0, 0.05) is 51.9 Å². The number of rotatable bonds is 11. The summed E-state index contributed by atoms with van der Waals surface area (Å²) in [4.78, 5) is 4.77. The molecule has 0 saturated carbocycles. The maximum Gasteiger partial charge on any atom is 0.191 e. The van der Waals surface area contributed by atoms with Crippen LogP contribution in [0.4, 0.5) is 0 Å². The van der Waals surface area contributed by atoms with E-state index >= 15 is 0 Å². The van der Waals surface area contributed by atoms with Crippen LogP contribution in [-0.4, -0.2) is 55.3 Å². The van der Waals surface area contributed by atoms with Crippen LogP contribution >= 0.6 is 0 Å². The Hall–Kier alpha value is -2.38. The van der Waals surface area contributed by atoms with Crippen LogP contribution in [0.1, 0.15) is 37.3 Å². The second-order valence-corrected chi connectivity index (χ2v) is 7.58. The van der Waals surface area contributed by atoms with Crippen LogP contribution in [0.25, 0.3) is 0 Å². The zero-order chi connectivity index (χ0) is 20.9. The molecule has 0 atom stereocenters. The number of hydrogen-bond acceptors (Lipinski definition) is 4. The van der Waals surface area contributed by atoms with Crippen molar-refractivity contribution in [2.45, 2.75) is 39.3 Å². The summed E-state index contributed by atoms with van der Waals surface area (Å²) in [6.45, 7) is 8.53. The molecule has 1 fully saturated rings. The van der Waals surface area contributed by atoms with Crippen LogP contribution in [-0.2, 0) is 22.6 Å². The first-order valence-corrected chi connectivity index (χ1v) is 11.1. The summed E-state index contributed by atoms with van der Waals surface area (Å²) >= 11 is 0. The lowest BCUT2D eigenvalue weighted by Crippen LogP contribution is -2.38. The monoisotopic (exact) mass is 413 g/mol. The molecule has 1 aromatic carbocycles. The van der Waals surface area contributed by atoms with Gasteiger partial charge in [0.15, 0.2) is 5.96 Å². The first-order valence-electron chi connectivity index (χ1n) is 11.1. The lowest BCUT2D eigenvalue weighted by Gasteiger charge is -2.21. The molecular formula is C23H35N5O2. The Bertz CT molecular complexity index is 742. The highest BCUT2D eigenvalue weighted by atomic mass is 16.5. The molecule has 1 aliphatic heterocycles. The van der Waals surface area contributed by atoms with E-state index in [1.54, 1.807) is 6.20 Å². The van der Waals surface area contributed by atoms with Crippen molar-refractivity contribution >= 4 is 5.96 Å². The van der Waals surface area contributed by atoms with E-state index in [2.05, 4.69) is 46.9 Å². The van der Waals surface area contributed by atoms with Gasteiger partial charge in [0.05, 0.1) is 13.1 Å². The van der Waals surface area contributed by atoms with E-state index in [4.69, 9.17) is 14.5 Å². The Morgan fingerprint density at radius 1 is 1.20 bits per heavy atom. The average molecular weight is 414 g/mol. The molecule has 0 amide bonds. The number of benzene rings is 1. The molecule has 7 heteroatoms. The minimum Gasteiger partial charge on any atom is -0.381 e. The van der Waals surface area contributed by atoms with E-state index in [0.29, 0.717) is 12.5 Å². The molecule has 7 nitrogen and oxygen atoms in total. The molecule has 30 heavy (non-hydrogen) atoms. The molecule has 2 N–H and O–H groups in total. The predicted octanol–water partition coefficient (Wildman–Crippen LogP) is 2.82. The Morgan fingerprint density at radius 3 is 2.80 bits per heavy atom. The normalized spacial score (nSPS) is 15.3. The molecule has 0 spiro atoms. The average Bonchev–Trinajstić information content (AvgIpc) is 3.29. The van der Waals surface area contributed by atoms with Gasteiger partial charge in [-0.3, -0.25) is 4.68 Å². The van der Waals surface area contributed by atoms with Gasteiger partial charge in [-0.2, -0.15) is 5.10 Å². The standard InChI is InChI=1S/C23H35N5O2/c1-2-24-23(25-11-6-14-30-19-20-9-15-29-16-10-20)26-17-21-7-3-4-8-22(21)18-28-13-5-12-27-28/h3-5,7-8,12-13,20H,2,6,9-11,14-19H2,1H3,(H2,24,25,26). The van der Waals surface area contributed by atoms with Crippen molar-refractivity contribution in [3.05, 3.63) is 53.9 Å². The van der Waals surface area contributed by atoms with Crippen molar-refractivity contribution in [3.63, 3.8) is 0 Å². The quantitative estimate of drug-likeness (QED) is 0.337. The molecule has 2 aromatic rings. The molecule has 1 aliphatic rings. The number of aromatic nitrogens is 2. The maximum atomic E-state index is 5.85. The SMILES string of the molecule is CCNC(=NCc1ccccc1Cn1cccn1)NCCCOCC1CCOCC1. The molecule has 0 bridgehead atoms. The van der Waals surface area contributed by atoms with Crippen LogP contribution in [0.5, 0.6) is 0 Å². The van der Waals surface area contributed by atoms with Gasteiger partial charge in [-0.1, -0.05) is 24.3 Å². The molecule has 0 unspecified atom stereocenters. The summed E-state index contributed by atoms with van der Waals surface area (Å²) in [7, 11) is 0. The van der Waals surface area contributed by atoms with Crippen LogP contribution in [0.2, 0.25) is 0 Å². The highest BCUT2D eigenvalue weighted by Gasteiger charge is 2.13. The van der Waals surface area contributed by atoms with E-state index in [1.165, 1.54) is 11.1 Å². The van der Waals surface area contributed by atoms with Crippen LogP contribution in [0.3, 0.4) is 0 Å². The molecule has 164 valence electrons. The second-order valence-electron chi connectivity index (χ2n) is 7.58. The van der Waals surface area contributed by atoms with Gasteiger partial charge < -0.3 is 20.1 Å². The van der Waals surface area contributed by atoms with E-state index in [-0.39, 0.29) is 0 Å². The smallest absolute Gasteiger partial charge is 0.191 e. The van der Waals surface area contributed by atoms with Crippen molar-refractivity contribution in [3.8, 4) is 0 Å². The fourth-order valence-corrected chi connectivity index (χ4v) is 3.48. The summed E-state index contributed by atoms with van der Waals surface area (Å²) in [5.41, 5.74) is 2.45. The summed E-state index contributed by atoms with van der Waals surface area (Å²) in [6.07, 6.45) is 7.00. The van der Waals surface area contributed by atoms with Crippen molar-refractivity contribution in [1.29, 1.82) is 0 Å². The largest absolute Gasteiger partial charge is 0.381 e. The topological polar surface area (TPSA) is 72.7 Å². The van der Waals surface area contributed by atoms with Crippen molar-refractivity contribution < 1.29 is 9.47 Å². The minimum absolute atomic E-state index is 0.632. The Kier molecular flexibility index (Phi) is 9.69. The zero-order valence-electron chi connectivity index (χ0n) is 18.1. The summed E-state index contributed by atoms with van der Waals surface area (Å²) in [5.74, 6) is 1.50. The Labute approximate surface area is 179 Å². The van der Waals surface area contributed by atoms with Gasteiger partial charge in [-0.25, -0.2) is 4.99 Å². The number of guanidine groups is 1. The van der Waals surface area contributed by atoms with Gasteiger partial charge >= 0.3 is 0 Å². The van der Waals surface area contributed by atoms with Crippen LogP contribution < -0.4 is 10.6 Å². The number of nitrogens with one attached hydrogen (secondary N) is 2. The van der Waals surface area contributed by atoms with Gasteiger partial charge in [0.1, 0.15) is 0 Å². The molecule has 1 aromatic heterocycles. The van der Waals surface area contributed by atoms with Crippen molar-refractivity contribution in [2.24, 2.45) is 10.9 Å². The lowest BCUT2D eigenvalue weighted by molar-refractivity contribution is 0.0203. The fourth-order valence-electron chi connectivity index (χ4n) is 3.48. The summed E-state index contributed by atoms with van der Waals surface area (Å²) in [6, 6.07) is 10.4. The Balaban J connectivity index is 1.42. The fraction of sp³-hybridized carbons (Fsp3) is 0.565. The highest BCUT2D eigenvalue weighted by Crippen LogP contribution is 2.14. The molecule has 2 heterocycles. The molecule has 3 rings (SSSR count). The van der Waals surface area contributed by atoms with E-state index in [9.17, 15) is 0 Å². The number of ether oxygens (including phenoxy) is 2. The number of aliphatic imine (C=N–C) groups is 1. The third kappa shape index (κ3) is 7.80. The van der Waals surface area contributed by atoms with Crippen molar-refractivity contribution in [2.75, 3.05) is 39.5 Å². The zero-order valence-corrected chi connectivity index (χ0v) is 18.1. The third-order valence-corrected chi connectivity index (χ3v) is 5.21. The van der Waals surface area contributed by atoms with E-state index in [1.807, 2.05) is 16.9 Å². The minimum atomic E-state index is 0.632. The number of hydrogen-bond donors (Lipinski definition) is 2. The summed E-state index contributed by atoms with van der Waals surface area (Å²) in [5, 5.41) is 11.1. The van der Waals surface area contributed by atoms with Crippen LogP contribution in [0.15, 0.2) is 47.7 Å². The summed E-state index contributed by atoms with van der Waals surface area (Å²) < 4.78 is 13.2. The molecular weight excluding hydrogens is 378 g/mol. The second kappa shape index (κ2) is 13.0. The van der Waals surface area contributed by atoms with Gasteiger partial charge in [-0.15, -0.1) is 0 Å². The van der Waals surface area contributed by atoms with Gasteiger partial charge in [0.2, 0.25) is 0 Å². The first kappa shape index (κ1) is 22.3. The lowest BCUT2D eigenvalue weighted by atomic mass is 10.0. The molecule has 0 radical (unpaired) electrons. The van der Waals surface area contributed by atoms with E-state index in [0.717, 1.165) is 71.3 Å². The maximum absolute atomic E-state index is 5.85. The molecule has 1 saturated heterocycles. The van der Waals surface area contributed by atoms with Gasteiger partial charge in [-0.05, 0) is 49.3 Å². The van der Waals surface area contributed by atoms with Crippen LogP contribution in [0, 0.1) is 5.92 Å². The highest BCUT2D eigenvalue weighted by molar-refractivity contribution is 5.79.